The first-order valence-corrected chi connectivity index (χ1v) is 4.71. The van der Waals surface area contributed by atoms with Crippen LogP contribution in [0, 0.1) is 6.92 Å². The van der Waals surface area contributed by atoms with Gasteiger partial charge in [0, 0.05) is 0 Å². The third-order valence-electron chi connectivity index (χ3n) is 1.59. The van der Waals surface area contributed by atoms with Crippen LogP contribution in [0.3, 0.4) is 0 Å². The number of halogens is 1. The molecule has 2 rings (SSSR count). The van der Waals surface area contributed by atoms with Crippen LogP contribution in [0.25, 0.3) is 0 Å². The molecule has 0 unspecified atom stereocenters. The maximum Gasteiger partial charge on any atom is 0.246 e. The molecule has 0 radical (unpaired) electrons. The average Bonchev–Trinajstić information content (AvgIpc) is 2.60. The summed E-state index contributed by atoms with van der Waals surface area (Å²) in [6, 6.07) is 0. The summed E-state index contributed by atoms with van der Waals surface area (Å²) < 4.78 is 4.89. The first-order valence-electron chi connectivity index (χ1n) is 4.33. The summed E-state index contributed by atoms with van der Waals surface area (Å²) in [5.74, 6) is 1.29. The Balaban J connectivity index is 2.04. The molecule has 84 valence electrons. The van der Waals surface area contributed by atoms with Crippen molar-refractivity contribution >= 4 is 23.5 Å². The summed E-state index contributed by atoms with van der Waals surface area (Å²) in [7, 11) is 0. The average molecular weight is 242 g/mol. The van der Waals surface area contributed by atoms with E-state index in [9.17, 15) is 0 Å². The lowest BCUT2D eigenvalue weighted by Crippen LogP contribution is -2.07. The zero-order valence-electron chi connectivity index (χ0n) is 8.31. The van der Waals surface area contributed by atoms with Crippen LogP contribution in [0.4, 0.5) is 11.9 Å². The van der Waals surface area contributed by atoms with Crippen molar-refractivity contribution in [3.8, 4) is 0 Å². The van der Waals surface area contributed by atoms with Gasteiger partial charge in [0.1, 0.15) is 0 Å². The van der Waals surface area contributed by atoms with E-state index < -0.39 is 0 Å². The molecule has 0 aliphatic heterocycles. The molecule has 0 bridgehead atoms. The van der Waals surface area contributed by atoms with Gasteiger partial charge < -0.3 is 15.6 Å². The van der Waals surface area contributed by atoms with Crippen molar-refractivity contribution in [2.45, 2.75) is 13.5 Å². The molecular weight excluding hydrogens is 234 g/mol. The monoisotopic (exact) mass is 241 g/mol. The number of nitrogens with two attached hydrogens (primary N) is 1. The predicted molar refractivity (Wildman–Crippen MR) is 55.6 cm³/mol. The number of nitrogens with one attached hydrogen (secondary N) is 1. The van der Waals surface area contributed by atoms with Gasteiger partial charge in [-0.3, -0.25) is 0 Å². The number of aromatic nitrogens is 5. The number of hydrogen-bond donors (Lipinski definition) is 2. The van der Waals surface area contributed by atoms with E-state index in [0.717, 1.165) is 0 Å². The molecule has 0 aromatic carbocycles. The Morgan fingerprint density at radius 3 is 2.75 bits per heavy atom. The molecule has 0 saturated heterocycles. The Bertz CT molecular complexity index is 479. The minimum Gasteiger partial charge on any atom is -0.368 e. The van der Waals surface area contributed by atoms with E-state index in [4.69, 9.17) is 21.9 Å². The number of aryl methyl sites for hydroxylation is 1. The zero-order valence-corrected chi connectivity index (χ0v) is 9.06. The van der Waals surface area contributed by atoms with Crippen LogP contribution in [-0.4, -0.2) is 25.1 Å². The van der Waals surface area contributed by atoms with Crippen LogP contribution in [0.2, 0.25) is 5.28 Å². The standard InChI is InChI=1S/C7H8ClN7O/c1-3-11-4(16-15-3)2-10-7-13-5(8)12-6(9)14-7/h2H2,1H3,(H3,9,10,12,13,14). The molecule has 2 aromatic heterocycles. The molecule has 0 aliphatic carbocycles. The van der Waals surface area contributed by atoms with Gasteiger partial charge in [-0.15, -0.1) is 0 Å². The molecule has 9 heteroatoms. The van der Waals surface area contributed by atoms with Crippen molar-refractivity contribution in [2.75, 3.05) is 11.1 Å². The van der Waals surface area contributed by atoms with E-state index in [1.54, 1.807) is 6.92 Å². The second kappa shape index (κ2) is 4.27. The SMILES string of the molecule is Cc1noc(CNc2nc(N)nc(Cl)n2)n1. The van der Waals surface area contributed by atoms with E-state index in [1.807, 2.05) is 0 Å². The first kappa shape index (κ1) is 10.6. The van der Waals surface area contributed by atoms with Crippen molar-refractivity contribution < 1.29 is 4.52 Å². The normalized spacial score (nSPS) is 10.4. The highest BCUT2D eigenvalue weighted by Gasteiger charge is 2.05. The highest BCUT2D eigenvalue weighted by atomic mass is 35.5. The molecule has 2 aromatic rings. The number of rotatable bonds is 3. The van der Waals surface area contributed by atoms with Gasteiger partial charge in [-0.25, -0.2) is 0 Å². The molecule has 0 amide bonds. The van der Waals surface area contributed by atoms with Gasteiger partial charge in [0.15, 0.2) is 5.82 Å². The molecule has 0 aliphatic rings. The molecule has 8 nitrogen and oxygen atoms in total. The second-order valence-electron chi connectivity index (χ2n) is 2.88. The molecular formula is C7H8ClN7O. The van der Waals surface area contributed by atoms with E-state index in [0.29, 0.717) is 18.3 Å². The van der Waals surface area contributed by atoms with Crippen LogP contribution >= 0.6 is 11.6 Å². The van der Waals surface area contributed by atoms with Crippen LogP contribution < -0.4 is 11.1 Å². The topological polar surface area (TPSA) is 116 Å². The maximum atomic E-state index is 5.60. The highest BCUT2D eigenvalue weighted by Crippen LogP contribution is 2.07. The summed E-state index contributed by atoms with van der Waals surface area (Å²) >= 11 is 5.60. The third-order valence-corrected chi connectivity index (χ3v) is 1.76. The van der Waals surface area contributed by atoms with E-state index in [1.165, 1.54) is 0 Å². The number of anilines is 2. The maximum absolute atomic E-state index is 5.60. The Hall–Kier alpha value is -1.96. The summed E-state index contributed by atoms with van der Waals surface area (Å²) in [4.78, 5) is 15.3. The van der Waals surface area contributed by atoms with Gasteiger partial charge in [-0.05, 0) is 18.5 Å². The van der Waals surface area contributed by atoms with E-state index in [2.05, 4.69) is 30.4 Å². The fourth-order valence-corrected chi connectivity index (χ4v) is 1.18. The van der Waals surface area contributed by atoms with Gasteiger partial charge in [0.2, 0.25) is 23.1 Å². The molecule has 0 saturated carbocycles. The summed E-state index contributed by atoms with van der Waals surface area (Å²) in [5.41, 5.74) is 5.39. The van der Waals surface area contributed by atoms with Crippen molar-refractivity contribution in [1.82, 2.24) is 25.1 Å². The van der Waals surface area contributed by atoms with Crippen molar-refractivity contribution in [3.63, 3.8) is 0 Å². The fourth-order valence-electron chi connectivity index (χ4n) is 1.01. The Labute approximate surface area is 95.3 Å². The lowest BCUT2D eigenvalue weighted by Gasteiger charge is -2.01. The van der Waals surface area contributed by atoms with E-state index >= 15 is 0 Å². The fraction of sp³-hybridized carbons (Fsp3) is 0.286. The predicted octanol–water partition coefficient (Wildman–Crippen LogP) is 0.411. The molecule has 16 heavy (non-hydrogen) atoms. The van der Waals surface area contributed by atoms with Gasteiger partial charge in [0.25, 0.3) is 0 Å². The lowest BCUT2D eigenvalue weighted by atomic mass is 10.6. The Kier molecular flexibility index (Phi) is 2.82. The Morgan fingerprint density at radius 1 is 1.31 bits per heavy atom. The molecule has 0 fully saturated rings. The summed E-state index contributed by atoms with van der Waals surface area (Å²) in [6.07, 6.45) is 0. The van der Waals surface area contributed by atoms with E-state index in [-0.39, 0.29) is 17.2 Å². The minimum atomic E-state index is 0.0247. The highest BCUT2D eigenvalue weighted by molar-refractivity contribution is 6.28. The van der Waals surface area contributed by atoms with Crippen molar-refractivity contribution in [3.05, 3.63) is 17.0 Å². The lowest BCUT2D eigenvalue weighted by molar-refractivity contribution is 0.379. The number of nitrogens with zero attached hydrogens (tertiary/aromatic N) is 5. The quantitative estimate of drug-likeness (QED) is 0.794. The van der Waals surface area contributed by atoms with Crippen LogP contribution in [0.5, 0.6) is 0 Å². The van der Waals surface area contributed by atoms with Crippen molar-refractivity contribution in [2.24, 2.45) is 0 Å². The first-order chi connectivity index (χ1) is 7.63. The van der Waals surface area contributed by atoms with Crippen LogP contribution in [0.1, 0.15) is 11.7 Å². The van der Waals surface area contributed by atoms with Gasteiger partial charge in [-0.2, -0.15) is 19.9 Å². The second-order valence-corrected chi connectivity index (χ2v) is 3.21. The van der Waals surface area contributed by atoms with Crippen LogP contribution in [0.15, 0.2) is 4.52 Å². The van der Waals surface area contributed by atoms with Crippen LogP contribution in [-0.2, 0) is 6.54 Å². The molecule has 3 N–H and O–H groups in total. The van der Waals surface area contributed by atoms with Gasteiger partial charge >= 0.3 is 0 Å². The molecule has 0 spiro atoms. The summed E-state index contributed by atoms with van der Waals surface area (Å²) in [6.45, 7) is 2.02. The summed E-state index contributed by atoms with van der Waals surface area (Å²) in [5, 5.41) is 6.49. The smallest absolute Gasteiger partial charge is 0.246 e. The zero-order chi connectivity index (χ0) is 11.5. The van der Waals surface area contributed by atoms with Gasteiger partial charge in [-0.1, -0.05) is 5.16 Å². The third kappa shape index (κ3) is 2.54. The largest absolute Gasteiger partial charge is 0.368 e. The molecule has 0 atom stereocenters. The van der Waals surface area contributed by atoms with Crippen molar-refractivity contribution in [1.29, 1.82) is 0 Å². The minimum absolute atomic E-state index is 0.0247. The number of nitrogen functional groups attached to an aromatic ring is 1. The molecule has 2 heterocycles. The number of hydrogen-bond acceptors (Lipinski definition) is 8. The Morgan fingerprint density at radius 2 is 2.12 bits per heavy atom. The van der Waals surface area contributed by atoms with Gasteiger partial charge in [0.05, 0.1) is 6.54 Å².